The molecule has 2 N–H and O–H groups in total. The first-order valence-electron chi connectivity index (χ1n) is 13.5. The van der Waals surface area contributed by atoms with E-state index in [1.54, 1.807) is 37.7 Å². The lowest BCUT2D eigenvalue weighted by atomic mass is 10.1. The summed E-state index contributed by atoms with van der Waals surface area (Å²) in [4.78, 5) is 36.9. The highest BCUT2D eigenvalue weighted by Gasteiger charge is 2.32. The summed E-state index contributed by atoms with van der Waals surface area (Å²) in [6.45, 7) is 0.492. The van der Waals surface area contributed by atoms with E-state index in [4.69, 9.17) is 4.11 Å². The third kappa shape index (κ3) is 5.17. The van der Waals surface area contributed by atoms with Gasteiger partial charge in [0.05, 0.1) is 23.5 Å². The molecule has 0 aliphatic carbocycles. The number of carbonyl (C=O) groups is 2. The van der Waals surface area contributed by atoms with E-state index in [-0.39, 0.29) is 35.2 Å². The van der Waals surface area contributed by atoms with Gasteiger partial charge in [-0.25, -0.2) is 9.78 Å². The topological polar surface area (TPSA) is 108 Å². The molecular formula is C27H25F3N8O2. The maximum absolute atomic E-state index is 13.7. The first-order valence-corrected chi connectivity index (χ1v) is 12.0. The first-order chi connectivity index (χ1) is 20.1. The molecule has 0 bridgehead atoms. The fourth-order valence-electron chi connectivity index (χ4n) is 4.26. The van der Waals surface area contributed by atoms with E-state index in [0.717, 1.165) is 23.9 Å². The minimum atomic E-state index is -4.62. The number of aromatic nitrogens is 4. The van der Waals surface area contributed by atoms with Gasteiger partial charge in [0.1, 0.15) is 11.6 Å². The largest absolute Gasteiger partial charge is 0.416 e. The Morgan fingerprint density at radius 3 is 2.62 bits per heavy atom. The number of benzene rings is 2. The maximum atomic E-state index is 13.7. The number of carbonyl (C=O) groups excluding carboxylic acids is 2. The molecule has 3 heterocycles. The second-order valence-electron chi connectivity index (χ2n) is 9.20. The van der Waals surface area contributed by atoms with Crippen LogP contribution in [0.1, 0.15) is 36.9 Å². The van der Waals surface area contributed by atoms with Crippen LogP contribution in [0.5, 0.6) is 0 Å². The Morgan fingerprint density at radius 2 is 1.93 bits per heavy atom. The van der Waals surface area contributed by atoms with E-state index >= 15 is 0 Å². The van der Waals surface area contributed by atoms with Crippen molar-refractivity contribution in [2.24, 2.45) is 7.05 Å². The number of fused-ring (bicyclic) bond motifs is 1. The average molecular weight is 554 g/mol. The number of anilines is 5. The first kappa shape index (κ1) is 23.0. The molecule has 0 fully saturated rings. The van der Waals surface area contributed by atoms with Crippen molar-refractivity contribution in [1.29, 1.82) is 0 Å². The van der Waals surface area contributed by atoms with Crippen LogP contribution in [0.15, 0.2) is 54.7 Å². The van der Waals surface area contributed by atoms with Gasteiger partial charge in [-0.1, -0.05) is 12.1 Å². The highest BCUT2D eigenvalue weighted by molar-refractivity contribution is 6.07. The van der Waals surface area contributed by atoms with Crippen molar-refractivity contribution in [2.75, 3.05) is 27.4 Å². The molecule has 40 heavy (non-hydrogen) atoms. The summed E-state index contributed by atoms with van der Waals surface area (Å²) in [6.07, 6.45) is -3.20. The fraction of sp³-hybridized carbons (Fsp3) is 0.222. The van der Waals surface area contributed by atoms with Crippen molar-refractivity contribution >= 4 is 40.9 Å². The molecule has 0 unspecified atom stereocenters. The van der Waals surface area contributed by atoms with Crippen molar-refractivity contribution in [3.63, 3.8) is 0 Å². The van der Waals surface area contributed by atoms with Gasteiger partial charge in [0.2, 0.25) is 5.95 Å². The molecule has 1 aliphatic rings. The normalized spacial score (nSPS) is 14.8. The molecule has 13 heteroatoms. The molecule has 0 saturated heterocycles. The number of hydrogen-bond acceptors (Lipinski definition) is 6. The van der Waals surface area contributed by atoms with Gasteiger partial charge in [0, 0.05) is 47.2 Å². The number of alkyl halides is 3. The maximum Gasteiger partial charge on any atom is 0.416 e. The van der Waals surface area contributed by atoms with Gasteiger partial charge in [-0.15, -0.1) is 0 Å². The lowest BCUT2D eigenvalue weighted by molar-refractivity contribution is -0.137. The molecule has 4 aromatic rings. The standard InChI is InChI=1S/C27H25F3N8O2/c1-15-8-9-20(32-24(39)17-6-5-7-19(11-17)27(28,29)30)12-21(15)38-14-18-13-31-25(34-23(18)36(3)26(38)40)33-22-10-16(2)35-37(22)4/h5-13H,14H2,1-4H3,(H,32,39)(H,31,33,34)/i3D3. The third-order valence-electron chi connectivity index (χ3n) is 6.26. The van der Waals surface area contributed by atoms with Crippen LogP contribution in [0.25, 0.3) is 0 Å². The van der Waals surface area contributed by atoms with E-state index in [9.17, 15) is 22.8 Å². The number of aryl methyl sites for hydroxylation is 3. The van der Waals surface area contributed by atoms with Gasteiger partial charge in [-0.2, -0.15) is 23.3 Å². The Hall–Kier alpha value is -4.94. The zero-order chi connectivity index (χ0) is 31.3. The number of nitrogens with zero attached hydrogens (tertiary/aromatic N) is 6. The SMILES string of the molecule is [2H]C([2H])([2H])N1C(=O)N(c2cc(NC(=O)c3cccc(C(F)(F)F)c3)ccc2C)Cc2cnc(Nc3cc(C)nn3C)nc21. The summed E-state index contributed by atoms with van der Waals surface area (Å²) in [6, 6.07) is 9.40. The number of nitrogens with one attached hydrogen (secondary N) is 2. The van der Waals surface area contributed by atoms with Crippen LogP contribution >= 0.6 is 0 Å². The van der Waals surface area contributed by atoms with E-state index in [2.05, 4.69) is 25.7 Å². The minimum Gasteiger partial charge on any atom is -0.322 e. The highest BCUT2D eigenvalue weighted by Crippen LogP contribution is 2.34. The second-order valence-corrected chi connectivity index (χ2v) is 9.20. The third-order valence-corrected chi connectivity index (χ3v) is 6.26. The van der Waals surface area contributed by atoms with Crippen LogP contribution in [0.2, 0.25) is 0 Å². The van der Waals surface area contributed by atoms with Crippen molar-refractivity contribution < 1.29 is 26.9 Å². The zero-order valence-electron chi connectivity index (χ0n) is 24.5. The van der Waals surface area contributed by atoms with Crippen LogP contribution in [-0.2, 0) is 19.8 Å². The van der Waals surface area contributed by atoms with E-state index in [1.807, 2.05) is 0 Å². The lowest BCUT2D eigenvalue weighted by Crippen LogP contribution is -2.46. The summed E-state index contributed by atoms with van der Waals surface area (Å²) >= 11 is 0. The van der Waals surface area contributed by atoms with Gasteiger partial charge in [0.15, 0.2) is 0 Å². The number of urea groups is 1. The van der Waals surface area contributed by atoms with Crippen molar-refractivity contribution in [2.45, 2.75) is 26.6 Å². The van der Waals surface area contributed by atoms with Crippen LogP contribution in [0, 0.1) is 13.8 Å². The molecule has 0 atom stereocenters. The number of amides is 3. The summed E-state index contributed by atoms with van der Waals surface area (Å²) in [5.41, 5.74) is 0.940. The second kappa shape index (κ2) is 9.98. The van der Waals surface area contributed by atoms with Crippen LogP contribution in [-0.4, -0.2) is 38.7 Å². The molecule has 10 nitrogen and oxygen atoms in total. The van der Waals surface area contributed by atoms with Crippen LogP contribution in [0.3, 0.4) is 0 Å². The van der Waals surface area contributed by atoms with E-state index in [1.165, 1.54) is 29.3 Å². The number of halogens is 3. The van der Waals surface area contributed by atoms with Gasteiger partial charge < -0.3 is 10.6 Å². The molecule has 0 saturated carbocycles. The smallest absolute Gasteiger partial charge is 0.322 e. The Morgan fingerprint density at radius 1 is 1.12 bits per heavy atom. The van der Waals surface area contributed by atoms with E-state index in [0.29, 0.717) is 21.8 Å². The summed E-state index contributed by atoms with van der Waals surface area (Å²) in [7, 11) is 1.71. The molecule has 2 aromatic carbocycles. The molecule has 5 rings (SSSR count). The highest BCUT2D eigenvalue weighted by atomic mass is 19.4. The lowest BCUT2D eigenvalue weighted by Gasteiger charge is -2.35. The molecule has 2 aromatic heterocycles. The Bertz CT molecular complexity index is 1740. The van der Waals surface area contributed by atoms with Crippen molar-refractivity contribution in [1.82, 2.24) is 19.7 Å². The van der Waals surface area contributed by atoms with Gasteiger partial charge in [0.25, 0.3) is 5.91 Å². The molecule has 3 amide bonds. The van der Waals surface area contributed by atoms with Crippen LogP contribution < -0.4 is 20.4 Å². The predicted octanol–water partition coefficient (Wildman–Crippen LogP) is 5.42. The monoisotopic (exact) mass is 553 g/mol. The van der Waals surface area contributed by atoms with Crippen LogP contribution in [0.4, 0.5) is 46.9 Å². The van der Waals surface area contributed by atoms with Gasteiger partial charge in [-0.05, 0) is 49.7 Å². The molecule has 1 aliphatic heterocycles. The van der Waals surface area contributed by atoms with Crippen molar-refractivity contribution in [3.05, 3.63) is 82.7 Å². The molecule has 0 radical (unpaired) electrons. The Balaban J connectivity index is 1.46. The van der Waals surface area contributed by atoms with Gasteiger partial charge in [-0.3, -0.25) is 19.3 Å². The number of hydrogen-bond donors (Lipinski definition) is 2. The molecular weight excluding hydrogens is 525 g/mol. The van der Waals surface area contributed by atoms with Gasteiger partial charge >= 0.3 is 12.2 Å². The zero-order valence-corrected chi connectivity index (χ0v) is 21.5. The minimum absolute atomic E-state index is 0.0627. The predicted molar refractivity (Wildman–Crippen MR) is 144 cm³/mol. The molecule has 0 spiro atoms. The average Bonchev–Trinajstić information content (AvgIpc) is 3.24. The summed E-state index contributed by atoms with van der Waals surface area (Å²) in [5, 5.41) is 9.75. The summed E-state index contributed by atoms with van der Waals surface area (Å²) < 4.78 is 65.2. The van der Waals surface area contributed by atoms with Crippen molar-refractivity contribution in [3.8, 4) is 0 Å². The summed E-state index contributed by atoms with van der Waals surface area (Å²) in [5.74, 6) is -0.268. The fourth-order valence-corrected chi connectivity index (χ4v) is 4.26. The van der Waals surface area contributed by atoms with E-state index < -0.39 is 30.7 Å². The number of rotatable bonds is 5. The Kier molecular flexibility index (Phi) is 5.74. The molecule has 206 valence electrons. The quantitative estimate of drug-likeness (QED) is 0.342. The Labute approximate surface area is 231 Å².